The molecule has 0 bridgehead atoms. The lowest BCUT2D eigenvalue weighted by atomic mass is 10.0. The van der Waals surface area contributed by atoms with Gasteiger partial charge in [-0.25, -0.2) is 0 Å². The zero-order chi connectivity index (χ0) is 22.1. The highest BCUT2D eigenvalue weighted by Gasteiger charge is 2.42. The molecule has 9 heteroatoms. The number of non-ortho nitro benzene ring substituents is 1. The first-order valence-electron chi connectivity index (χ1n) is 10.6. The summed E-state index contributed by atoms with van der Waals surface area (Å²) >= 11 is 5.75. The third kappa shape index (κ3) is 3.85. The molecule has 164 valence electrons. The lowest BCUT2D eigenvalue weighted by molar-refractivity contribution is -0.384. The second-order valence-corrected chi connectivity index (χ2v) is 8.38. The Balaban J connectivity index is 1.57. The third-order valence-corrected chi connectivity index (χ3v) is 6.38. The predicted octanol–water partition coefficient (Wildman–Crippen LogP) is 3.93. The topological polar surface area (TPSA) is 85.5 Å². The Labute approximate surface area is 191 Å². The number of thiocarbonyl (C=S) groups is 1. The van der Waals surface area contributed by atoms with Gasteiger partial charge in [-0.1, -0.05) is 12.1 Å². The molecule has 1 aromatic carbocycles. The van der Waals surface area contributed by atoms with Crippen LogP contribution in [0.4, 0.5) is 5.69 Å². The molecule has 2 saturated heterocycles. The van der Waals surface area contributed by atoms with E-state index in [1.54, 1.807) is 18.3 Å². The van der Waals surface area contributed by atoms with Gasteiger partial charge in [0.2, 0.25) is 0 Å². The molecule has 2 fully saturated rings. The minimum atomic E-state index is -0.376. The van der Waals surface area contributed by atoms with Crippen molar-refractivity contribution in [2.75, 3.05) is 13.2 Å². The van der Waals surface area contributed by atoms with Crippen LogP contribution in [0.15, 0.2) is 67.0 Å². The Bertz CT molecular complexity index is 1130. The summed E-state index contributed by atoms with van der Waals surface area (Å²) in [4.78, 5) is 17.7. The Hall–Kier alpha value is -3.30. The van der Waals surface area contributed by atoms with Gasteiger partial charge in [0.05, 0.1) is 34.5 Å². The highest BCUT2D eigenvalue weighted by Crippen LogP contribution is 2.40. The van der Waals surface area contributed by atoms with Crippen molar-refractivity contribution in [1.82, 2.24) is 19.8 Å². The predicted molar refractivity (Wildman–Crippen MR) is 124 cm³/mol. The molecule has 3 aromatic rings. The quantitative estimate of drug-likeness (QED) is 0.347. The summed E-state index contributed by atoms with van der Waals surface area (Å²) in [5, 5.41) is 15.4. The van der Waals surface area contributed by atoms with Gasteiger partial charge in [0.15, 0.2) is 5.11 Å². The summed E-state index contributed by atoms with van der Waals surface area (Å²) in [6, 6.07) is 16.2. The largest absolute Gasteiger partial charge is 0.376 e. The van der Waals surface area contributed by atoms with Crippen LogP contribution < -0.4 is 5.32 Å². The number of nitrogens with zero attached hydrogens (tertiary/aromatic N) is 4. The van der Waals surface area contributed by atoms with E-state index in [1.807, 2.05) is 47.2 Å². The van der Waals surface area contributed by atoms with Gasteiger partial charge in [-0.05, 0) is 55.4 Å². The molecule has 0 amide bonds. The number of benzene rings is 1. The number of nitro groups is 1. The van der Waals surface area contributed by atoms with Crippen molar-refractivity contribution in [3.63, 3.8) is 0 Å². The number of hydrogen-bond donors (Lipinski definition) is 1. The van der Waals surface area contributed by atoms with Gasteiger partial charge in [0.25, 0.3) is 5.69 Å². The molecule has 0 saturated carbocycles. The maximum atomic E-state index is 11.3. The van der Waals surface area contributed by atoms with E-state index in [9.17, 15) is 10.1 Å². The molecule has 3 atom stereocenters. The number of hydrogen-bond acceptors (Lipinski definition) is 5. The van der Waals surface area contributed by atoms with E-state index in [1.165, 1.54) is 6.07 Å². The van der Waals surface area contributed by atoms with Crippen LogP contribution in [-0.4, -0.2) is 43.7 Å². The summed E-state index contributed by atoms with van der Waals surface area (Å²) in [5.41, 5.74) is 2.65. The Morgan fingerprint density at radius 2 is 2.12 bits per heavy atom. The van der Waals surface area contributed by atoms with E-state index in [2.05, 4.69) is 15.2 Å². The van der Waals surface area contributed by atoms with E-state index in [0.717, 1.165) is 36.5 Å². The monoisotopic (exact) mass is 449 g/mol. The molecular formula is C23H23N5O3S. The van der Waals surface area contributed by atoms with Crippen LogP contribution >= 0.6 is 12.2 Å². The molecule has 0 unspecified atom stereocenters. The molecule has 1 N–H and O–H groups in total. The lowest BCUT2D eigenvalue weighted by Crippen LogP contribution is -2.36. The maximum Gasteiger partial charge on any atom is 0.271 e. The molecule has 0 radical (unpaired) electrons. The fraction of sp³-hybridized carbons (Fsp3) is 0.304. The fourth-order valence-corrected chi connectivity index (χ4v) is 4.87. The first kappa shape index (κ1) is 20.6. The van der Waals surface area contributed by atoms with E-state index in [4.69, 9.17) is 17.0 Å². The highest BCUT2D eigenvalue weighted by molar-refractivity contribution is 7.80. The van der Waals surface area contributed by atoms with Gasteiger partial charge < -0.3 is 19.5 Å². The number of aromatic nitrogens is 2. The fourth-order valence-electron chi connectivity index (χ4n) is 4.56. The molecule has 5 rings (SSSR count). The van der Waals surface area contributed by atoms with Crippen molar-refractivity contribution in [3.8, 4) is 5.69 Å². The van der Waals surface area contributed by atoms with Crippen LogP contribution in [0.3, 0.4) is 0 Å². The zero-order valence-electron chi connectivity index (χ0n) is 17.3. The number of nitrogens with one attached hydrogen (secondary N) is 1. The first-order chi connectivity index (χ1) is 15.6. The summed E-state index contributed by atoms with van der Waals surface area (Å²) in [6.45, 7) is 1.46. The second-order valence-electron chi connectivity index (χ2n) is 7.99. The standard InChI is InChI=1S/C23H23N5O3S/c29-28(30)17-7-3-6-16(14-17)26-12-4-10-20(26)22-21(19-9-1-2-11-24-19)25-23(32)27(22)15-18-8-5-13-31-18/h1-4,6-7,9-12,14,18,21-22H,5,8,13,15H2,(H,25,32)/t18-,21-,22-/m0/s1. The van der Waals surface area contributed by atoms with E-state index in [0.29, 0.717) is 11.7 Å². The molecule has 0 aliphatic carbocycles. The Morgan fingerprint density at radius 1 is 1.22 bits per heavy atom. The van der Waals surface area contributed by atoms with Crippen molar-refractivity contribution < 1.29 is 9.66 Å². The molecule has 2 aromatic heterocycles. The summed E-state index contributed by atoms with van der Waals surface area (Å²) in [5.74, 6) is 0. The van der Waals surface area contributed by atoms with Crippen LogP contribution in [0.1, 0.15) is 36.3 Å². The third-order valence-electron chi connectivity index (χ3n) is 6.02. The molecule has 8 nitrogen and oxygen atoms in total. The van der Waals surface area contributed by atoms with Gasteiger partial charge in [0.1, 0.15) is 0 Å². The van der Waals surface area contributed by atoms with Crippen LogP contribution in [0.5, 0.6) is 0 Å². The average Bonchev–Trinajstić information content (AvgIpc) is 3.56. The van der Waals surface area contributed by atoms with Gasteiger partial charge in [-0.15, -0.1) is 0 Å². The summed E-state index contributed by atoms with van der Waals surface area (Å²) in [6.07, 6.45) is 5.89. The van der Waals surface area contributed by atoms with Crippen LogP contribution in [-0.2, 0) is 4.74 Å². The normalized spacial score (nSPS) is 22.8. The molecule has 4 heterocycles. The van der Waals surface area contributed by atoms with Crippen LogP contribution in [0, 0.1) is 10.1 Å². The van der Waals surface area contributed by atoms with Crippen LogP contribution in [0.25, 0.3) is 5.69 Å². The van der Waals surface area contributed by atoms with Crippen molar-refractivity contribution >= 4 is 23.0 Å². The van der Waals surface area contributed by atoms with E-state index >= 15 is 0 Å². The van der Waals surface area contributed by atoms with Crippen molar-refractivity contribution in [1.29, 1.82) is 0 Å². The van der Waals surface area contributed by atoms with Gasteiger partial charge in [0, 0.05) is 43.4 Å². The smallest absolute Gasteiger partial charge is 0.271 e. The zero-order valence-corrected chi connectivity index (χ0v) is 18.1. The first-order valence-corrected chi connectivity index (χ1v) is 11.0. The molecular weight excluding hydrogens is 426 g/mol. The summed E-state index contributed by atoms with van der Waals surface area (Å²) in [7, 11) is 0. The SMILES string of the molecule is O=[N+]([O-])c1cccc(-n2cccc2[C@H]2[C@H](c3ccccn3)NC(=S)N2C[C@@H]2CCCO2)c1. The van der Waals surface area contributed by atoms with Gasteiger partial charge in [-0.3, -0.25) is 15.1 Å². The second kappa shape index (κ2) is 8.68. The van der Waals surface area contributed by atoms with Crippen molar-refractivity contribution in [2.45, 2.75) is 31.0 Å². The minimum Gasteiger partial charge on any atom is -0.376 e. The molecule has 32 heavy (non-hydrogen) atoms. The average molecular weight is 450 g/mol. The minimum absolute atomic E-state index is 0.0553. The molecule has 2 aliphatic heterocycles. The van der Waals surface area contributed by atoms with Crippen LogP contribution in [0.2, 0.25) is 0 Å². The number of pyridine rings is 1. The van der Waals surface area contributed by atoms with Gasteiger partial charge >= 0.3 is 0 Å². The molecule has 2 aliphatic rings. The molecule has 0 spiro atoms. The Kier molecular flexibility index (Phi) is 5.59. The van der Waals surface area contributed by atoms with Gasteiger partial charge in [-0.2, -0.15) is 0 Å². The van der Waals surface area contributed by atoms with Crippen molar-refractivity contribution in [2.24, 2.45) is 0 Å². The highest BCUT2D eigenvalue weighted by atomic mass is 32.1. The van der Waals surface area contributed by atoms with E-state index < -0.39 is 0 Å². The Morgan fingerprint density at radius 3 is 2.88 bits per heavy atom. The maximum absolute atomic E-state index is 11.3. The van der Waals surface area contributed by atoms with E-state index in [-0.39, 0.29) is 28.8 Å². The number of nitro benzene ring substituents is 1. The number of ether oxygens (including phenoxy) is 1. The number of rotatable bonds is 6. The van der Waals surface area contributed by atoms with Crippen molar-refractivity contribution in [3.05, 3.63) is 88.5 Å². The summed E-state index contributed by atoms with van der Waals surface area (Å²) < 4.78 is 7.89. The lowest BCUT2D eigenvalue weighted by Gasteiger charge is -2.30.